The van der Waals surface area contributed by atoms with Crippen LogP contribution in [-0.2, 0) is 5.41 Å². The van der Waals surface area contributed by atoms with Crippen LogP contribution in [0.2, 0.25) is 0 Å². The van der Waals surface area contributed by atoms with Gasteiger partial charge in [-0.2, -0.15) is 0 Å². The number of amides is 1. The summed E-state index contributed by atoms with van der Waals surface area (Å²) < 4.78 is 0. The zero-order chi connectivity index (χ0) is 21.0. The molecule has 0 bridgehead atoms. The quantitative estimate of drug-likeness (QED) is 0.561. The van der Waals surface area contributed by atoms with Crippen molar-refractivity contribution in [3.05, 3.63) is 83.6 Å². The van der Waals surface area contributed by atoms with E-state index in [1.807, 2.05) is 18.2 Å². The van der Waals surface area contributed by atoms with Crippen LogP contribution in [0.15, 0.2) is 66.9 Å². The van der Waals surface area contributed by atoms with Crippen LogP contribution < -0.4 is 10.6 Å². The number of benzene rings is 2. The Morgan fingerprint density at radius 3 is 2.38 bits per heavy atom. The number of Topliss-reactive ketones (excluding diaryl/α,β-unsaturated/α-hetero) is 1. The Kier molecular flexibility index (Phi) is 5.78. The second-order valence-corrected chi connectivity index (χ2v) is 7.94. The summed E-state index contributed by atoms with van der Waals surface area (Å²) >= 11 is 0. The largest absolute Gasteiger partial charge is 0.340 e. The number of anilines is 3. The van der Waals surface area contributed by atoms with Crippen molar-refractivity contribution >= 4 is 28.9 Å². The zero-order valence-corrected chi connectivity index (χ0v) is 17.1. The van der Waals surface area contributed by atoms with Gasteiger partial charge in [-0.1, -0.05) is 51.1 Å². The third kappa shape index (κ3) is 5.08. The summed E-state index contributed by atoms with van der Waals surface area (Å²) in [5.41, 5.74) is 3.70. The highest BCUT2D eigenvalue weighted by Crippen LogP contribution is 2.31. The highest BCUT2D eigenvalue weighted by Gasteiger charge is 2.18. The minimum atomic E-state index is -0.264. The van der Waals surface area contributed by atoms with Crippen LogP contribution in [0.3, 0.4) is 0 Å². The maximum Gasteiger partial charge on any atom is 0.255 e. The van der Waals surface area contributed by atoms with Gasteiger partial charge in [0.05, 0.1) is 0 Å². The van der Waals surface area contributed by atoms with E-state index in [9.17, 15) is 9.59 Å². The van der Waals surface area contributed by atoms with Crippen LogP contribution in [0.4, 0.5) is 17.2 Å². The molecule has 1 aromatic heterocycles. The third-order valence-electron chi connectivity index (χ3n) is 4.55. The number of hydrogen-bond acceptors (Lipinski definition) is 4. The SMILES string of the molecule is CC(=O)c1cccc(NC(=O)c2ccnc(Nc3ccccc3C(C)(C)C)c2)c1. The minimum Gasteiger partial charge on any atom is -0.340 e. The second-order valence-electron chi connectivity index (χ2n) is 7.94. The normalized spacial score (nSPS) is 11.0. The molecule has 0 aliphatic carbocycles. The van der Waals surface area contributed by atoms with Crippen molar-refractivity contribution in [1.82, 2.24) is 4.98 Å². The Labute approximate surface area is 171 Å². The Bertz CT molecular complexity index is 1050. The molecule has 0 unspecified atom stereocenters. The van der Waals surface area contributed by atoms with Gasteiger partial charge in [-0.05, 0) is 48.2 Å². The number of para-hydroxylation sites is 1. The van der Waals surface area contributed by atoms with Crippen molar-refractivity contribution in [2.24, 2.45) is 0 Å². The average Bonchev–Trinajstić information content (AvgIpc) is 2.68. The lowest BCUT2D eigenvalue weighted by molar-refractivity contribution is 0.101. The molecule has 0 saturated heterocycles. The lowest BCUT2D eigenvalue weighted by Crippen LogP contribution is -2.14. The number of pyridine rings is 1. The molecule has 0 aliphatic heterocycles. The minimum absolute atomic E-state index is 0.0275. The zero-order valence-electron chi connectivity index (χ0n) is 17.1. The summed E-state index contributed by atoms with van der Waals surface area (Å²) in [6, 6.07) is 18.3. The summed E-state index contributed by atoms with van der Waals surface area (Å²) in [7, 11) is 0. The second kappa shape index (κ2) is 8.27. The molecule has 5 heteroatoms. The molecule has 2 N–H and O–H groups in total. The molecule has 1 heterocycles. The van der Waals surface area contributed by atoms with Gasteiger partial charge in [0, 0.05) is 28.7 Å². The maximum absolute atomic E-state index is 12.7. The first-order chi connectivity index (χ1) is 13.7. The monoisotopic (exact) mass is 387 g/mol. The molecule has 148 valence electrons. The van der Waals surface area contributed by atoms with Crippen LogP contribution in [0, 0.1) is 0 Å². The van der Waals surface area contributed by atoms with Crippen molar-refractivity contribution in [2.45, 2.75) is 33.1 Å². The van der Waals surface area contributed by atoms with Gasteiger partial charge in [0.2, 0.25) is 0 Å². The van der Waals surface area contributed by atoms with E-state index < -0.39 is 0 Å². The van der Waals surface area contributed by atoms with Crippen molar-refractivity contribution in [3.8, 4) is 0 Å². The number of nitrogens with one attached hydrogen (secondary N) is 2. The highest BCUT2D eigenvalue weighted by molar-refractivity contribution is 6.05. The standard InChI is InChI=1S/C24H25N3O2/c1-16(28)17-8-7-9-19(14-17)26-23(29)18-12-13-25-22(15-18)27-21-11-6-5-10-20(21)24(2,3)4/h5-15H,1-4H3,(H,25,27)(H,26,29). The van der Waals surface area contributed by atoms with Gasteiger partial charge >= 0.3 is 0 Å². The lowest BCUT2D eigenvalue weighted by atomic mass is 9.86. The topological polar surface area (TPSA) is 71.1 Å². The molecule has 0 fully saturated rings. The molecule has 0 aliphatic rings. The van der Waals surface area contributed by atoms with Crippen LogP contribution in [0.1, 0.15) is 54.0 Å². The van der Waals surface area contributed by atoms with E-state index in [0.717, 1.165) is 11.3 Å². The van der Waals surface area contributed by atoms with Crippen LogP contribution in [0.5, 0.6) is 0 Å². The summed E-state index contributed by atoms with van der Waals surface area (Å²) in [6.45, 7) is 7.96. The van der Waals surface area contributed by atoms with E-state index in [0.29, 0.717) is 22.6 Å². The Balaban J connectivity index is 1.81. The van der Waals surface area contributed by atoms with Gasteiger partial charge in [0.25, 0.3) is 5.91 Å². The van der Waals surface area contributed by atoms with E-state index >= 15 is 0 Å². The molecule has 0 spiro atoms. The van der Waals surface area contributed by atoms with Crippen LogP contribution in [-0.4, -0.2) is 16.7 Å². The summed E-state index contributed by atoms with van der Waals surface area (Å²) in [5, 5.41) is 6.16. The summed E-state index contributed by atoms with van der Waals surface area (Å²) in [4.78, 5) is 28.6. The van der Waals surface area contributed by atoms with Crippen LogP contribution in [0.25, 0.3) is 0 Å². The number of carbonyl (C=O) groups is 2. The maximum atomic E-state index is 12.7. The van der Waals surface area contributed by atoms with Gasteiger partial charge in [-0.3, -0.25) is 9.59 Å². The fraction of sp³-hybridized carbons (Fsp3) is 0.208. The number of hydrogen-bond donors (Lipinski definition) is 2. The number of carbonyl (C=O) groups excluding carboxylic acids is 2. The van der Waals surface area contributed by atoms with E-state index in [2.05, 4.69) is 42.5 Å². The Morgan fingerprint density at radius 1 is 0.897 bits per heavy atom. The Hall–Kier alpha value is -3.47. The number of nitrogens with zero attached hydrogens (tertiary/aromatic N) is 1. The molecule has 5 nitrogen and oxygen atoms in total. The first-order valence-corrected chi connectivity index (χ1v) is 9.49. The molecular formula is C24H25N3O2. The van der Waals surface area contributed by atoms with Gasteiger partial charge in [-0.25, -0.2) is 4.98 Å². The molecule has 0 radical (unpaired) electrons. The van der Waals surface area contributed by atoms with E-state index in [4.69, 9.17) is 0 Å². The van der Waals surface area contributed by atoms with Crippen molar-refractivity contribution in [1.29, 1.82) is 0 Å². The smallest absolute Gasteiger partial charge is 0.255 e. The molecule has 29 heavy (non-hydrogen) atoms. The highest BCUT2D eigenvalue weighted by atomic mass is 16.1. The van der Waals surface area contributed by atoms with E-state index in [-0.39, 0.29) is 17.1 Å². The van der Waals surface area contributed by atoms with E-state index in [1.54, 1.807) is 42.6 Å². The first kappa shape index (κ1) is 20.3. The number of ketones is 1. The molecular weight excluding hydrogens is 362 g/mol. The molecule has 3 aromatic rings. The first-order valence-electron chi connectivity index (χ1n) is 9.49. The molecule has 2 aromatic carbocycles. The van der Waals surface area contributed by atoms with Gasteiger partial charge in [0.15, 0.2) is 5.78 Å². The summed E-state index contributed by atoms with van der Waals surface area (Å²) in [5.74, 6) is 0.279. The molecule has 0 saturated carbocycles. The number of rotatable bonds is 5. The molecule has 1 amide bonds. The fourth-order valence-corrected chi connectivity index (χ4v) is 3.04. The van der Waals surface area contributed by atoms with Crippen molar-refractivity contribution in [3.63, 3.8) is 0 Å². The van der Waals surface area contributed by atoms with Gasteiger partial charge in [0.1, 0.15) is 5.82 Å². The van der Waals surface area contributed by atoms with Crippen molar-refractivity contribution in [2.75, 3.05) is 10.6 Å². The fourth-order valence-electron chi connectivity index (χ4n) is 3.04. The molecule has 0 atom stereocenters. The third-order valence-corrected chi connectivity index (χ3v) is 4.55. The van der Waals surface area contributed by atoms with Gasteiger partial charge < -0.3 is 10.6 Å². The predicted molar refractivity (Wildman–Crippen MR) is 117 cm³/mol. The van der Waals surface area contributed by atoms with Crippen LogP contribution >= 0.6 is 0 Å². The van der Waals surface area contributed by atoms with Crippen molar-refractivity contribution < 1.29 is 9.59 Å². The lowest BCUT2D eigenvalue weighted by Gasteiger charge is -2.23. The van der Waals surface area contributed by atoms with E-state index in [1.165, 1.54) is 6.92 Å². The summed E-state index contributed by atoms with van der Waals surface area (Å²) in [6.07, 6.45) is 1.60. The predicted octanol–water partition coefficient (Wildman–Crippen LogP) is 5.58. The average molecular weight is 387 g/mol. The molecule has 3 rings (SSSR count). The Morgan fingerprint density at radius 2 is 1.66 bits per heavy atom. The number of aromatic nitrogens is 1. The van der Waals surface area contributed by atoms with Gasteiger partial charge in [-0.15, -0.1) is 0 Å².